The Labute approximate surface area is 172 Å². The molecule has 2 aromatic rings. The van der Waals surface area contributed by atoms with Gasteiger partial charge < -0.3 is 19.1 Å². The van der Waals surface area contributed by atoms with Gasteiger partial charge in [-0.3, -0.25) is 4.79 Å². The molecule has 1 aliphatic heterocycles. The molecule has 0 N–H and O–H groups in total. The molecule has 0 bridgehead atoms. The molecule has 0 radical (unpaired) electrons. The van der Waals surface area contributed by atoms with Crippen molar-refractivity contribution in [2.75, 3.05) is 27.9 Å². The fourth-order valence-electron chi connectivity index (χ4n) is 3.84. The van der Waals surface area contributed by atoms with Gasteiger partial charge in [0.25, 0.3) is 0 Å². The Morgan fingerprint density at radius 1 is 0.966 bits per heavy atom. The van der Waals surface area contributed by atoms with E-state index in [2.05, 4.69) is 12.1 Å². The number of hydrogen-bond acceptors (Lipinski definition) is 4. The highest BCUT2D eigenvalue weighted by Gasteiger charge is 2.25. The highest BCUT2D eigenvalue weighted by Crippen LogP contribution is 2.33. The molecule has 3 rings (SSSR count). The number of nitrogens with zero attached hydrogens (tertiary/aromatic N) is 1. The van der Waals surface area contributed by atoms with Gasteiger partial charge in [-0.15, -0.1) is 0 Å². The zero-order valence-corrected chi connectivity index (χ0v) is 17.4. The molecule has 1 saturated heterocycles. The van der Waals surface area contributed by atoms with Crippen LogP contribution in [0.3, 0.4) is 0 Å². The zero-order valence-electron chi connectivity index (χ0n) is 17.4. The summed E-state index contributed by atoms with van der Waals surface area (Å²) in [5, 5.41) is 0. The van der Waals surface area contributed by atoms with Crippen molar-refractivity contribution in [1.29, 1.82) is 0 Å². The second kappa shape index (κ2) is 10.0. The average Bonchev–Trinajstić information content (AvgIpc) is 3.03. The standard InChI is InChI=1S/C24H29NO4/c1-27-20-14-11-18(12-15-20)21-9-5-4-6-17-25(21)23(26)16-13-19-8-7-10-22(28-2)24(19)29-3/h7-8,10-16,21H,4-6,9,17H2,1-3H3/b16-13+/t21-/m1/s1. The molecule has 0 aromatic heterocycles. The Bertz CT molecular complexity index is 844. The first-order chi connectivity index (χ1) is 14.2. The van der Waals surface area contributed by atoms with E-state index in [0.717, 1.165) is 49.1 Å². The van der Waals surface area contributed by atoms with Crippen LogP contribution in [-0.2, 0) is 4.79 Å². The molecule has 5 nitrogen and oxygen atoms in total. The van der Waals surface area contributed by atoms with Crippen LogP contribution in [0.5, 0.6) is 17.2 Å². The monoisotopic (exact) mass is 395 g/mol. The molecule has 0 unspecified atom stereocenters. The van der Waals surface area contributed by atoms with Crippen molar-refractivity contribution < 1.29 is 19.0 Å². The third-order valence-corrected chi connectivity index (χ3v) is 5.38. The Kier molecular flexibility index (Phi) is 7.17. The van der Waals surface area contributed by atoms with Crippen molar-refractivity contribution in [3.8, 4) is 17.2 Å². The maximum absolute atomic E-state index is 13.1. The van der Waals surface area contributed by atoms with Gasteiger partial charge in [0.05, 0.1) is 27.4 Å². The normalized spacial score (nSPS) is 17.1. The first kappa shape index (κ1) is 20.8. The zero-order chi connectivity index (χ0) is 20.6. The number of carbonyl (C=O) groups excluding carboxylic acids is 1. The molecular formula is C24H29NO4. The summed E-state index contributed by atoms with van der Waals surface area (Å²) in [6.45, 7) is 0.759. The third kappa shape index (κ3) is 4.91. The smallest absolute Gasteiger partial charge is 0.247 e. The minimum absolute atomic E-state index is 0.0117. The van der Waals surface area contributed by atoms with Crippen LogP contribution in [0.2, 0.25) is 0 Å². The number of ether oxygens (including phenoxy) is 3. The van der Waals surface area contributed by atoms with Crippen molar-refractivity contribution in [1.82, 2.24) is 4.90 Å². The molecule has 29 heavy (non-hydrogen) atoms. The van der Waals surface area contributed by atoms with E-state index >= 15 is 0 Å². The van der Waals surface area contributed by atoms with Gasteiger partial charge in [-0.2, -0.15) is 0 Å². The lowest BCUT2D eigenvalue weighted by molar-refractivity contribution is -0.128. The topological polar surface area (TPSA) is 48.0 Å². The van der Waals surface area contributed by atoms with Gasteiger partial charge in [-0.1, -0.05) is 37.1 Å². The number of benzene rings is 2. The van der Waals surface area contributed by atoms with Gasteiger partial charge >= 0.3 is 0 Å². The molecule has 1 fully saturated rings. The van der Waals surface area contributed by atoms with E-state index in [0.29, 0.717) is 11.5 Å². The molecular weight excluding hydrogens is 366 g/mol. The summed E-state index contributed by atoms with van der Waals surface area (Å²) in [7, 11) is 4.87. The molecule has 1 amide bonds. The number of para-hydroxylation sites is 1. The van der Waals surface area contributed by atoms with Gasteiger partial charge in [0, 0.05) is 18.2 Å². The van der Waals surface area contributed by atoms with Gasteiger partial charge in [-0.05, 0) is 42.7 Å². The lowest BCUT2D eigenvalue weighted by Crippen LogP contribution is -2.33. The van der Waals surface area contributed by atoms with Crippen molar-refractivity contribution in [3.63, 3.8) is 0 Å². The van der Waals surface area contributed by atoms with Crippen LogP contribution in [0, 0.1) is 0 Å². The maximum atomic E-state index is 13.1. The summed E-state index contributed by atoms with van der Waals surface area (Å²) in [5.74, 6) is 2.11. The number of rotatable bonds is 6. The summed E-state index contributed by atoms with van der Waals surface area (Å²) in [6.07, 6.45) is 7.69. The number of hydrogen-bond donors (Lipinski definition) is 0. The van der Waals surface area contributed by atoms with Crippen LogP contribution in [-0.4, -0.2) is 38.7 Å². The minimum atomic E-state index is 0.0117. The molecule has 1 atom stereocenters. The molecule has 5 heteroatoms. The summed E-state index contributed by atoms with van der Waals surface area (Å²) >= 11 is 0. The van der Waals surface area contributed by atoms with Gasteiger partial charge in [0.15, 0.2) is 11.5 Å². The van der Waals surface area contributed by atoms with E-state index in [-0.39, 0.29) is 11.9 Å². The second-order valence-electron chi connectivity index (χ2n) is 7.09. The van der Waals surface area contributed by atoms with Crippen molar-refractivity contribution in [3.05, 3.63) is 59.7 Å². The van der Waals surface area contributed by atoms with Crippen LogP contribution in [0.25, 0.3) is 6.08 Å². The SMILES string of the molecule is COc1ccc([C@H]2CCCCCN2C(=O)/C=C/c2cccc(OC)c2OC)cc1. The maximum Gasteiger partial charge on any atom is 0.247 e. The Balaban J connectivity index is 1.84. The summed E-state index contributed by atoms with van der Waals surface area (Å²) in [5.41, 5.74) is 1.96. The number of likely N-dealkylation sites (tertiary alicyclic amines) is 1. The van der Waals surface area contributed by atoms with Crippen molar-refractivity contribution >= 4 is 12.0 Å². The third-order valence-electron chi connectivity index (χ3n) is 5.38. The number of methoxy groups -OCH3 is 3. The Morgan fingerprint density at radius 3 is 2.45 bits per heavy atom. The molecule has 1 heterocycles. The quantitative estimate of drug-likeness (QED) is 0.655. The van der Waals surface area contributed by atoms with Crippen LogP contribution in [0.15, 0.2) is 48.5 Å². The summed E-state index contributed by atoms with van der Waals surface area (Å²) in [4.78, 5) is 15.1. The van der Waals surface area contributed by atoms with E-state index < -0.39 is 0 Å². The van der Waals surface area contributed by atoms with Crippen LogP contribution in [0.4, 0.5) is 0 Å². The first-order valence-electron chi connectivity index (χ1n) is 10.0. The molecule has 154 valence electrons. The molecule has 0 saturated carbocycles. The van der Waals surface area contributed by atoms with Crippen LogP contribution < -0.4 is 14.2 Å². The minimum Gasteiger partial charge on any atom is -0.497 e. The molecule has 2 aromatic carbocycles. The van der Waals surface area contributed by atoms with E-state index in [1.54, 1.807) is 33.5 Å². The van der Waals surface area contributed by atoms with Crippen molar-refractivity contribution in [2.45, 2.75) is 31.7 Å². The first-order valence-corrected chi connectivity index (χ1v) is 10.0. The lowest BCUT2D eigenvalue weighted by atomic mass is 10.0. The van der Waals surface area contributed by atoms with E-state index in [9.17, 15) is 4.79 Å². The van der Waals surface area contributed by atoms with Crippen LogP contribution >= 0.6 is 0 Å². The average molecular weight is 395 g/mol. The molecule has 0 aliphatic carbocycles. The number of amides is 1. The predicted molar refractivity (Wildman–Crippen MR) is 114 cm³/mol. The van der Waals surface area contributed by atoms with E-state index in [1.807, 2.05) is 35.2 Å². The fourth-order valence-corrected chi connectivity index (χ4v) is 3.84. The number of carbonyl (C=O) groups is 1. The summed E-state index contributed by atoms with van der Waals surface area (Å²) in [6, 6.07) is 13.7. The Morgan fingerprint density at radius 2 is 1.76 bits per heavy atom. The van der Waals surface area contributed by atoms with E-state index in [1.165, 1.54) is 0 Å². The van der Waals surface area contributed by atoms with Crippen LogP contribution in [0.1, 0.15) is 42.9 Å². The largest absolute Gasteiger partial charge is 0.497 e. The lowest BCUT2D eigenvalue weighted by Gasteiger charge is -2.29. The van der Waals surface area contributed by atoms with E-state index in [4.69, 9.17) is 14.2 Å². The molecule has 1 aliphatic rings. The highest BCUT2D eigenvalue weighted by molar-refractivity contribution is 5.92. The summed E-state index contributed by atoms with van der Waals surface area (Å²) < 4.78 is 16.1. The molecule has 0 spiro atoms. The predicted octanol–water partition coefficient (Wildman–Crippen LogP) is 4.87. The highest BCUT2D eigenvalue weighted by atomic mass is 16.5. The van der Waals surface area contributed by atoms with Crippen molar-refractivity contribution in [2.24, 2.45) is 0 Å². The Hall–Kier alpha value is -2.95. The van der Waals surface area contributed by atoms with Gasteiger partial charge in [0.2, 0.25) is 5.91 Å². The van der Waals surface area contributed by atoms with Gasteiger partial charge in [-0.25, -0.2) is 0 Å². The van der Waals surface area contributed by atoms with Gasteiger partial charge in [0.1, 0.15) is 5.75 Å². The fraction of sp³-hybridized carbons (Fsp3) is 0.375. The second-order valence-corrected chi connectivity index (χ2v) is 7.09.